The van der Waals surface area contributed by atoms with Crippen molar-refractivity contribution in [2.45, 2.75) is 18.7 Å². The third-order valence-electron chi connectivity index (χ3n) is 3.50. The quantitative estimate of drug-likeness (QED) is 0.693. The van der Waals surface area contributed by atoms with Crippen LogP contribution in [0.1, 0.15) is 28.1 Å². The van der Waals surface area contributed by atoms with Crippen molar-refractivity contribution in [2.75, 3.05) is 6.54 Å². The van der Waals surface area contributed by atoms with E-state index in [1.54, 1.807) is 0 Å². The van der Waals surface area contributed by atoms with Gasteiger partial charge in [-0.15, -0.1) is 11.3 Å². The first kappa shape index (κ1) is 15.6. The number of rotatable bonds is 5. The Labute approximate surface area is 140 Å². The van der Waals surface area contributed by atoms with Crippen molar-refractivity contribution in [3.63, 3.8) is 0 Å². The molecule has 116 valence electrons. The maximum absolute atomic E-state index is 11.3. The van der Waals surface area contributed by atoms with Crippen LogP contribution in [0.3, 0.4) is 0 Å². The number of carbonyl (C=O) groups is 1. The largest absolute Gasteiger partial charge is 0.480 e. The number of aliphatic carboxylic acids is 1. The Morgan fingerprint density at radius 2 is 2.23 bits per heavy atom. The molecule has 2 atom stereocenters. The average Bonchev–Trinajstić information content (AvgIpc) is 2.91. The molecule has 0 saturated carbocycles. The minimum atomic E-state index is -0.871. The molecule has 1 aliphatic heterocycles. The van der Waals surface area contributed by atoms with Crippen molar-refractivity contribution < 1.29 is 14.7 Å². The molecule has 2 aromatic rings. The minimum Gasteiger partial charge on any atom is -0.480 e. The SMILES string of the molecule is O=C(O)[C@@H]1NC[C@@H](NOCc2ccccc2)c2scc(Br)c21. The number of nitrogens with one attached hydrogen (secondary N) is 2. The summed E-state index contributed by atoms with van der Waals surface area (Å²) < 4.78 is 0.821. The number of hydrogen-bond acceptors (Lipinski definition) is 5. The fraction of sp³-hybridized carbons (Fsp3) is 0.267. The summed E-state index contributed by atoms with van der Waals surface area (Å²) in [6, 6.07) is 9.14. The van der Waals surface area contributed by atoms with E-state index in [0.29, 0.717) is 13.2 Å². The molecule has 0 unspecified atom stereocenters. The van der Waals surface area contributed by atoms with Gasteiger partial charge in [0, 0.05) is 26.8 Å². The topological polar surface area (TPSA) is 70.6 Å². The zero-order valence-corrected chi connectivity index (χ0v) is 14.0. The molecule has 5 nitrogen and oxygen atoms in total. The van der Waals surface area contributed by atoms with Crippen molar-refractivity contribution in [3.05, 3.63) is 56.2 Å². The van der Waals surface area contributed by atoms with Crippen LogP contribution in [0.25, 0.3) is 0 Å². The summed E-state index contributed by atoms with van der Waals surface area (Å²) in [6.07, 6.45) is 0. The van der Waals surface area contributed by atoms with Gasteiger partial charge in [0.05, 0.1) is 12.6 Å². The predicted molar refractivity (Wildman–Crippen MR) is 87.5 cm³/mol. The molecule has 0 amide bonds. The maximum atomic E-state index is 11.3. The number of fused-ring (bicyclic) bond motifs is 1. The van der Waals surface area contributed by atoms with Gasteiger partial charge in [0.2, 0.25) is 0 Å². The lowest BCUT2D eigenvalue weighted by molar-refractivity contribution is -0.140. The van der Waals surface area contributed by atoms with Gasteiger partial charge in [-0.1, -0.05) is 30.3 Å². The molecule has 2 heterocycles. The molecule has 3 N–H and O–H groups in total. The van der Waals surface area contributed by atoms with Gasteiger partial charge in [-0.25, -0.2) is 0 Å². The Morgan fingerprint density at radius 1 is 1.45 bits per heavy atom. The highest BCUT2D eigenvalue weighted by molar-refractivity contribution is 9.10. The van der Waals surface area contributed by atoms with E-state index in [9.17, 15) is 9.90 Å². The van der Waals surface area contributed by atoms with E-state index in [1.165, 1.54) is 11.3 Å². The molecule has 0 bridgehead atoms. The summed E-state index contributed by atoms with van der Waals surface area (Å²) in [7, 11) is 0. The average molecular weight is 383 g/mol. The number of halogens is 1. The van der Waals surface area contributed by atoms with E-state index in [4.69, 9.17) is 4.84 Å². The van der Waals surface area contributed by atoms with Crippen LogP contribution in [-0.2, 0) is 16.2 Å². The summed E-state index contributed by atoms with van der Waals surface area (Å²) in [5.74, 6) is -0.871. The van der Waals surface area contributed by atoms with Crippen LogP contribution in [0, 0.1) is 0 Å². The van der Waals surface area contributed by atoms with Crippen molar-refractivity contribution >= 4 is 33.2 Å². The second-order valence-electron chi connectivity index (χ2n) is 4.99. The lowest BCUT2D eigenvalue weighted by Gasteiger charge is -2.28. The van der Waals surface area contributed by atoms with Crippen LogP contribution in [0.15, 0.2) is 40.2 Å². The summed E-state index contributed by atoms with van der Waals surface area (Å²) in [5, 5.41) is 14.3. The first-order valence-electron chi connectivity index (χ1n) is 6.81. The van der Waals surface area contributed by atoms with Crippen LogP contribution in [0.4, 0.5) is 0 Å². The molecule has 0 saturated heterocycles. The van der Waals surface area contributed by atoms with Crippen LogP contribution < -0.4 is 10.8 Å². The summed E-state index contributed by atoms with van der Waals surface area (Å²) in [5.41, 5.74) is 4.89. The minimum absolute atomic E-state index is 0.0642. The number of carboxylic acids is 1. The molecule has 0 aliphatic carbocycles. The standard InChI is InChI=1S/C15H15BrN2O3S/c16-10-8-22-14-11(6-17-13(12(10)14)15(19)20)18-21-7-9-4-2-1-3-5-9/h1-5,8,11,13,17-18H,6-7H2,(H,19,20)/t11-,13-/m1/s1. The highest BCUT2D eigenvalue weighted by Crippen LogP contribution is 2.39. The second kappa shape index (κ2) is 6.89. The molecular weight excluding hydrogens is 368 g/mol. The smallest absolute Gasteiger partial charge is 0.325 e. The predicted octanol–water partition coefficient (Wildman–Crippen LogP) is 3.00. The van der Waals surface area contributed by atoms with Crippen LogP contribution in [-0.4, -0.2) is 17.6 Å². The number of hydroxylamine groups is 1. The summed E-state index contributed by atoms with van der Waals surface area (Å²) >= 11 is 4.97. The zero-order chi connectivity index (χ0) is 15.5. The van der Waals surface area contributed by atoms with E-state index in [1.807, 2.05) is 35.7 Å². The zero-order valence-electron chi connectivity index (χ0n) is 11.6. The molecule has 1 aromatic heterocycles. The molecule has 3 rings (SSSR count). The molecule has 0 fully saturated rings. The Hall–Kier alpha value is -1.25. The van der Waals surface area contributed by atoms with Gasteiger partial charge in [-0.05, 0) is 21.5 Å². The first-order chi connectivity index (χ1) is 10.7. The van der Waals surface area contributed by atoms with E-state index in [0.717, 1.165) is 20.5 Å². The number of carboxylic acid groups (broad SMARTS) is 1. The van der Waals surface area contributed by atoms with Crippen LogP contribution in [0.5, 0.6) is 0 Å². The Morgan fingerprint density at radius 3 is 2.95 bits per heavy atom. The lowest BCUT2D eigenvalue weighted by atomic mass is 10.00. The molecular formula is C15H15BrN2O3S. The van der Waals surface area contributed by atoms with Crippen molar-refractivity contribution in [1.29, 1.82) is 0 Å². The van der Waals surface area contributed by atoms with Gasteiger partial charge in [0.15, 0.2) is 0 Å². The van der Waals surface area contributed by atoms with E-state index in [2.05, 4.69) is 26.7 Å². The van der Waals surface area contributed by atoms with Crippen LogP contribution in [0.2, 0.25) is 0 Å². The van der Waals surface area contributed by atoms with E-state index in [-0.39, 0.29) is 6.04 Å². The first-order valence-corrected chi connectivity index (χ1v) is 8.48. The third-order valence-corrected chi connectivity index (χ3v) is 5.57. The van der Waals surface area contributed by atoms with Gasteiger partial charge in [0.1, 0.15) is 6.04 Å². The molecule has 0 spiro atoms. The fourth-order valence-corrected chi connectivity index (χ4v) is 4.31. The lowest BCUT2D eigenvalue weighted by Crippen LogP contribution is -2.41. The maximum Gasteiger partial charge on any atom is 0.325 e. The summed E-state index contributed by atoms with van der Waals surface area (Å²) in [6.45, 7) is 0.966. The van der Waals surface area contributed by atoms with Gasteiger partial charge in [-0.2, -0.15) is 5.48 Å². The van der Waals surface area contributed by atoms with E-state index < -0.39 is 12.0 Å². The highest BCUT2D eigenvalue weighted by Gasteiger charge is 2.34. The van der Waals surface area contributed by atoms with Gasteiger partial charge >= 0.3 is 5.97 Å². The summed E-state index contributed by atoms with van der Waals surface area (Å²) in [4.78, 5) is 17.9. The molecule has 1 aromatic carbocycles. The molecule has 7 heteroatoms. The number of benzene rings is 1. The second-order valence-corrected chi connectivity index (χ2v) is 6.75. The third kappa shape index (κ3) is 3.23. The van der Waals surface area contributed by atoms with Crippen LogP contribution >= 0.6 is 27.3 Å². The molecule has 22 heavy (non-hydrogen) atoms. The number of thiophene rings is 1. The van der Waals surface area contributed by atoms with Crippen molar-refractivity contribution in [2.24, 2.45) is 0 Å². The monoisotopic (exact) mass is 382 g/mol. The van der Waals surface area contributed by atoms with Gasteiger partial charge < -0.3 is 5.11 Å². The van der Waals surface area contributed by atoms with E-state index >= 15 is 0 Å². The Bertz CT molecular complexity index is 662. The Kier molecular flexibility index (Phi) is 4.90. The van der Waals surface area contributed by atoms with Crippen molar-refractivity contribution in [1.82, 2.24) is 10.8 Å². The highest BCUT2D eigenvalue weighted by atomic mass is 79.9. The number of hydrogen-bond donors (Lipinski definition) is 3. The fourth-order valence-electron chi connectivity index (χ4n) is 2.45. The molecule has 0 radical (unpaired) electrons. The van der Waals surface area contributed by atoms with Gasteiger partial charge in [0.25, 0.3) is 0 Å². The Balaban J connectivity index is 1.68. The molecule has 1 aliphatic rings. The van der Waals surface area contributed by atoms with Crippen molar-refractivity contribution in [3.8, 4) is 0 Å². The van der Waals surface area contributed by atoms with Gasteiger partial charge in [-0.3, -0.25) is 14.9 Å². The normalized spacial score (nSPS) is 20.6.